The van der Waals surface area contributed by atoms with Crippen molar-refractivity contribution in [2.75, 3.05) is 13.2 Å². The van der Waals surface area contributed by atoms with Gasteiger partial charge in [-0.2, -0.15) is 0 Å². The maximum absolute atomic E-state index is 5.95. The highest BCUT2D eigenvalue weighted by Crippen LogP contribution is 2.32. The van der Waals surface area contributed by atoms with Crippen LogP contribution < -0.4 is 10.1 Å². The van der Waals surface area contributed by atoms with E-state index in [-0.39, 0.29) is 0 Å². The van der Waals surface area contributed by atoms with Crippen LogP contribution in [0.25, 0.3) is 0 Å². The first-order chi connectivity index (χ1) is 9.22. The van der Waals surface area contributed by atoms with Crippen molar-refractivity contribution in [3.63, 3.8) is 0 Å². The minimum absolute atomic E-state index is 0.564. The molecule has 1 fully saturated rings. The average molecular weight is 261 g/mol. The van der Waals surface area contributed by atoms with E-state index in [2.05, 4.69) is 50.4 Å². The summed E-state index contributed by atoms with van der Waals surface area (Å²) in [6, 6.07) is 9.08. The number of hydrogen-bond acceptors (Lipinski definition) is 2. The Balaban J connectivity index is 1.78. The molecule has 1 aliphatic rings. The lowest BCUT2D eigenvalue weighted by atomic mass is 9.98. The zero-order chi connectivity index (χ0) is 13.7. The predicted molar refractivity (Wildman–Crippen MR) is 80.8 cm³/mol. The molecule has 0 amide bonds. The van der Waals surface area contributed by atoms with Crippen LogP contribution >= 0.6 is 0 Å². The molecule has 1 aromatic carbocycles. The van der Waals surface area contributed by atoms with Gasteiger partial charge in [0.15, 0.2) is 0 Å². The molecule has 0 spiro atoms. The standard InChI is InChI=1S/C17H27NO/c1-4-13(2)16-7-5-6-8-17(16)19-12-11-18-14(3)15-9-10-15/h5-8,13-15,18H,4,9-12H2,1-3H3. The first kappa shape index (κ1) is 14.4. The first-order valence-corrected chi connectivity index (χ1v) is 7.67. The second-order valence-corrected chi connectivity index (χ2v) is 5.78. The van der Waals surface area contributed by atoms with E-state index in [1.807, 2.05) is 0 Å². The van der Waals surface area contributed by atoms with E-state index in [9.17, 15) is 0 Å². The lowest BCUT2D eigenvalue weighted by molar-refractivity contribution is 0.299. The van der Waals surface area contributed by atoms with Crippen molar-refractivity contribution < 1.29 is 4.74 Å². The number of benzene rings is 1. The fourth-order valence-electron chi connectivity index (χ4n) is 2.45. The fourth-order valence-corrected chi connectivity index (χ4v) is 2.45. The summed E-state index contributed by atoms with van der Waals surface area (Å²) in [5.74, 6) is 2.53. The number of ether oxygens (including phenoxy) is 1. The van der Waals surface area contributed by atoms with Gasteiger partial charge in [0.1, 0.15) is 12.4 Å². The maximum Gasteiger partial charge on any atom is 0.122 e. The van der Waals surface area contributed by atoms with Crippen LogP contribution in [0.4, 0.5) is 0 Å². The molecule has 1 saturated carbocycles. The van der Waals surface area contributed by atoms with E-state index in [0.29, 0.717) is 12.0 Å². The van der Waals surface area contributed by atoms with E-state index in [4.69, 9.17) is 4.74 Å². The third-order valence-corrected chi connectivity index (χ3v) is 4.22. The summed E-state index contributed by atoms with van der Waals surface area (Å²) in [6.45, 7) is 8.46. The predicted octanol–water partition coefficient (Wildman–Crippen LogP) is 3.97. The van der Waals surface area contributed by atoms with Crippen LogP contribution in [0, 0.1) is 5.92 Å². The SMILES string of the molecule is CCC(C)c1ccccc1OCCNC(C)C1CC1. The molecule has 2 unspecified atom stereocenters. The number of para-hydroxylation sites is 1. The van der Waals surface area contributed by atoms with Crippen LogP contribution in [-0.4, -0.2) is 19.2 Å². The monoisotopic (exact) mass is 261 g/mol. The van der Waals surface area contributed by atoms with Crippen LogP contribution in [0.15, 0.2) is 24.3 Å². The van der Waals surface area contributed by atoms with Gasteiger partial charge < -0.3 is 10.1 Å². The van der Waals surface area contributed by atoms with Crippen molar-refractivity contribution in [1.29, 1.82) is 0 Å². The molecule has 0 heterocycles. The van der Waals surface area contributed by atoms with Crippen molar-refractivity contribution in [3.05, 3.63) is 29.8 Å². The van der Waals surface area contributed by atoms with Crippen LogP contribution in [0.2, 0.25) is 0 Å². The van der Waals surface area contributed by atoms with Crippen LogP contribution in [0.3, 0.4) is 0 Å². The van der Waals surface area contributed by atoms with Gasteiger partial charge in [0.05, 0.1) is 0 Å². The molecule has 1 aromatic rings. The van der Waals surface area contributed by atoms with Gasteiger partial charge in [-0.25, -0.2) is 0 Å². The molecular weight excluding hydrogens is 234 g/mol. The molecule has 0 radical (unpaired) electrons. The van der Waals surface area contributed by atoms with E-state index in [1.54, 1.807) is 0 Å². The maximum atomic E-state index is 5.95. The molecule has 0 aliphatic heterocycles. The van der Waals surface area contributed by atoms with Gasteiger partial charge in [-0.3, -0.25) is 0 Å². The summed E-state index contributed by atoms with van der Waals surface area (Å²) in [4.78, 5) is 0. The molecule has 19 heavy (non-hydrogen) atoms. The van der Waals surface area contributed by atoms with Gasteiger partial charge in [-0.15, -0.1) is 0 Å². The summed E-state index contributed by atoms with van der Waals surface area (Å²) >= 11 is 0. The smallest absolute Gasteiger partial charge is 0.122 e. The zero-order valence-electron chi connectivity index (χ0n) is 12.5. The Morgan fingerprint density at radius 2 is 2.00 bits per heavy atom. The molecule has 0 saturated heterocycles. The quantitative estimate of drug-likeness (QED) is 0.715. The van der Waals surface area contributed by atoms with Crippen LogP contribution in [0.5, 0.6) is 5.75 Å². The molecule has 106 valence electrons. The fraction of sp³-hybridized carbons (Fsp3) is 0.647. The number of hydrogen-bond donors (Lipinski definition) is 1. The van der Waals surface area contributed by atoms with Gasteiger partial charge in [-0.05, 0) is 49.7 Å². The summed E-state index contributed by atoms with van der Waals surface area (Å²) in [5.41, 5.74) is 1.33. The van der Waals surface area contributed by atoms with Gasteiger partial charge in [-0.1, -0.05) is 32.0 Å². The molecule has 2 heteroatoms. The average Bonchev–Trinajstić information content (AvgIpc) is 3.27. The number of nitrogens with one attached hydrogen (secondary N) is 1. The summed E-state index contributed by atoms with van der Waals surface area (Å²) in [6.07, 6.45) is 3.94. The Morgan fingerprint density at radius 1 is 1.26 bits per heavy atom. The molecular formula is C17H27NO. The van der Waals surface area contributed by atoms with E-state index < -0.39 is 0 Å². The summed E-state index contributed by atoms with van der Waals surface area (Å²) in [7, 11) is 0. The summed E-state index contributed by atoms with van der Waals surface area (Å²) < 4.78 is 5.95. The first-order valence-electron chi connectivity index (χ1n) is 7.67. The lowest BCUT2D eigenvalue weighted by Crippen LogP contribution is -2.31. The van der Waals surface area contributed by atoms with Gasteiger partial charge >= 0.3 is 0 Å². The molecule has 1 N–H and O–H groups in total. The Hall–Kier alpha value is -1.02. The normalized spacial score (nSPS) is 18.1. The summed E-state index contributed by atoms with van der Waals surface area (Å²) in [5, 5.41) is 3.55. The van der Waals surface area contributed by atoms with Gasteiger partial charge in [0, 0.05) is 12.6 Å². The van der Waals surface area contributed by atoms with Gasteiger partial charge in [0.25, 0.3) is 0 Å². The van der Waals surface area contributed by atoms with Crippen LogP contribution in [-0.2, 0) is 0 Å². The third kappa shape index (κ3) is 4.24. The minimum atomic E-state index is 0.564. The Labute approximate surface area is 117 Å². The molecule has 0 aromatic heterocycles. The van der Waals surface area contributed by atoms with E-state index >= 15 is 0 Å². The second-order valence-electron chi connectivity index (χ2n) is 5.78. The highest BCUT2D eigenvalue weighted by atomic mass is 16.5. The number of rotatable bonds is 8. The molecule has 2 nitrogen and oxygen atoms in total. The van der Waals surface area contributed by atoms with Crippen molar-refractivity contribution >= 4 is 0 Å². The Bertz CT molecular complexity index is 387. The van der Waals surface area contributed by atoms with Crippen molar-refractivity contribution in [2.45, 2.75) is 52.0 Å². The van der Waals surface area contributed by atoms with Crippen molar-refractivity contribution in [2.24, 2.45) is 5.92 Å². The lowest BCUT2D eigenvalue weighted by Gasteiger charge is -2.17. The second kappa shape index (κ2) is 6.95. The topological polar surface area (TPSA) is 21.3 Å². The van der Waals surface area contributed by atoms with Gasteiger partial charge in [0.2, 0.25) is 0 Å². The molecule has 2 atom stereocenters. The Kier molecular flexibility index (Phi) is 5.26. The van der Waals surface area contributed by atoms with Crippen LogP contribution in [0.1, 0.15) is 51.5 Å². The third-order valence-electron chi connectivity index (χ3n) is 4.22. The van der Waals surface area contributed by atoms with E-state index in [1.165, 1.54) is 18.4 Å². The molecule has 2 rings (SSSR count). The molecule has 1 aliphatic carbocycles. The zero-order valence-corrected chi connectivity index (χ0v) is 12.5. The minimum Gasteiger partial charge on any atom is -0.492 e. The van der Waals surface area contributed by atoms with E-state index in [0.717, 1.165) is 31.2 Å². The van der Waals surface area contributed by atoms with Crippen molar-refractivity contribution in [1.82, 2.24) is 5.32 Å². The Morgan fingerprint density at radius 3 is 2.68 bits per heavy atom. The molecule has 0 bridgehead atoms. The highest BCUT2D eigenvalue weighted by Gasteiger charge is 2.27. The van der Waals surface area contributed by atoms with Crippen molar-refractivity contribution in [3.8, 4) is 5.75 Å². The highest BCUT2D eigenvalue weighted by molar-refractivity contribution is 5.35. The largest absolute Gasteiger partial charge is 0.492 e.